The molecule has 1 aromatic carbocycles. The van der Waals surface area contributed by atoms with E-state index in [1.165, 1.54) is 0 Å². The molecule has 0 bridgehead atoms. The number of likely N-dealkylation sites (tertiary alicyclic amines) is 1. The second-order valence-corrected chi connectivity index (χ2v) is 4.71. The third-order valence-corrected chi connectivity index (χ3v) is 3.67. The Bertz CT molecular complexity index is 422. The number of para-hydroxylation sites is 1. The molecule has 1 saturated heterocycles. The number of phenols is 1. The van der Waals surface area contributed by atoms with Crippen LogP contribution in [0.15, 0.2) is 24.3 Å². The molecule has 1 aliphatic heterocycles. The monoisotopic (exact) mass is 235 g/mol. The van der Waals surface area contributed by atoms with Crippen molar-refractivity contribution in [2.24, 2.45) is 0 Å². The predicted octanol–water partition coefficient (Wildman–Crippen LogP) is 1.44. The van der Waals surface area contributed by atoms with E-state index in [0.717, 1.165) is 13.1 Å². The van der Waals surface area contributed by atoms with Crippen LogP contribution < -0.4 is 0 Å². The van der Waals surface area contributed by atoms with Crippen LogP contribution in [0.4, 0.5) is 0 Å². The zero-order valence-electron chi connectivity index (χ0n) is 9.89. The normalized spacial score (nSPS) is 20.1. The van der Waals surface area contributed by atoms with Crippen molar-refractivity contribution in [3.8, 4) is 5.75 Å². The van der Waals surface area contributed by atoms with E-state index in [4.69, 9.17) is 0 Å². The summed E-state index contributed by atoms with van der Waals surface area (Å²) in [5.41, 5.74) is -0.390. The average molecular weight is 235 g/mol. The molecule has 0 aliphatic carbocycles. The molecular formula is C13H17NO3. The van der Waals surface area contributed by atoms with Crippen LogP contribution in [0.1, 0.15) is 18.4 Å². The number of carboxylic acids is 1. The van der Waals surface area contributed by atoms with Crippen LogP contribution in [0.3, 0.4) is 0 Å². The standard InChI is InChI=1S/C13H17NO3/c1-14-8-6-13(7-9-14,12(16)17)10-4-2-3-5-11(10)15/h2-5,15H,6-9H2,1H3,(H,16,17). The van der Waals surface area contributed by atoms with Gasteiger partial charge in [0.15, 0.2) is 0 Å². The molecular weight excluding hydrogens is 218 g/mol. The molecule has 17 heavy (non-hydrogen) atoms. The van der Waals surface area contributed by atoms with Gasteiger partial charge in [-0.15, -0.1) is 0 Å². The number of carbonyl (C=O) groups is 1. The largest absolute Gasteiger partial charge is 0.508 e. The molecule has 0 aromatic heterocycles. The third-order valence-electron chi connectivity index (χ3n) is 3.67. The highest BCUT2D eigenvalue weighted by Crippen LogP contribution is 2.39. The highest BCUT2D eigenvalue weighted by atomic mass is 16.4. The molecule has 2 N–H and O–H groups in total. The minimum Gasteiger partial charge on any atom is -0.508 e. The number of piperidine rings is 1. The van der Waals surface area contributed by atoms with Crippen LogP contribution in [-0.2, 0) is 10.2 Å². The molecule has 92 valence electrons. The van der Waals surface area contributed by atoms with Gasteiger partial charge < -0.3 is 15.1 Å². The number of aliphatic carboxylic acids is 1. The molecule has 0 spiro atoms. The van der Waals surface area contributed by atoms with Gasteiger partial charge in [-0.2, -0.15) is 0 Å². The average Bonchev–Trinajstić information content (AvgIpc) is 2.31. The van der Waals surface area contributed by atoms with Gasteiger partial charge in [-0.25, -0.2) is 0 Å². The second-order valence-electron chi connectivity index (χ2n) is 4.71. The number of aromatic hydroxyl groups is 1. The summed E-state index contributed by atoms with van der Waals surface area (Å²) >= 11 is 0. The highest BCUT2D eigenvalue weighted by Gasteiger charge is 2.43. The first-order valence-electron chi connectivity index (χ1n) is 5.77. The molecule has 4 heteroatoms. The topological polar surface area (TPSA) is 60.8 Å². The van der Waals surface area contributed by atoms with Crippen LogP contribution in [0, 0.1) is 0 Å². The minimum absolute atomic E-state index is 0.0828. The molecule has 1 aromatic rings. The van der Waals surface area contributed by atoms with E-state index in [1.54, 1.807) is 24.3 Å². The number of nitrogens with zero attached hydrogens (tertiary/aromatic N) is 1. The van der Waals surface area contributed by atoms with Crippen molar-refractivity contribution in [1.29, 1.82) is 0 Å². The van der Waals surface area contributed by atoms with Crippen LogP contribution in [-0.4, -0.2) is 41.2 Å². The summed E-state index contributed by atoms with van der Waals surface area (Å²) in [4.78, 5) is 13.7. The molecule has 0 amide bonds. The fraction of sp³-hybridized carbons (Fsp3) is 0.462. The maximum absolute atomic E-state index is 11.6. The molecule has 0 radical (unpaired) electrons. The zero-order chi connectivity index (χ0) is 12.5. The van der Waals surface area contributed by atoms with Gasteiger partial charge in [0.1, 0.15) is 5.75 Å². The van der Waals surface area contributed by atoms with Gasteiger partial charge in [0.25, 0.3) is 0 Å². The van der Waals surface area contributed by atoms with Gasteiger partial charge in [-0.1, -0.05) is 18.2 Å². The molecule has 4 nitrogen and oxygen atoms in total. The van der Waals surface area contributed by atoms with Crippen molar-refractivity contribution >= 4 is 5.97 Å². The summed E-state index contributed by atoms with van der Waals surface area (Å²) in [6.45, 7) is 1.47. The number of hydrogen-bond acceptors (Lipinski definition) is 3. The Labute approximate surface area is 100 Å². The van der Waals surface area contributed by atoms with Crippen LogP contribution >= 0.6 is 0 Å². The van der Waals surface area contributed by atoms with Crippen molar-refractivity contribution < 1.29 is 15.0 Å². The van der Waals surface area contributed by atoms with Crippen molar-refractivity contribution in [3.63, 3.8) is 0 Å². The number of rotatable bonds is 2. The van der Waals surface area contributed by atoms with Crippen LogP contribution in [0.25, 0.3) is 0 Å². The van der Waals surface area contributed by atoms with Gasteiger partial charge in [-0.3, -0.25) is 4.79 Å². The fourth-order valence-electron chi connectivity index (χ4n) is 2.48. The van der Waals surface area contributed by atoms with Crippen molar-refractivity contribution in [1.82, 2.24) is 4.90 Å². The second kappa shape index (κ2) is 4.37. The lowest BCUT2D eigenvalue weighted by molar-refractivity contribution is -0.145. The summed E-state index contributed by atoms with van der Waals surface area (Å²) in [6.07, 6.45) is 1.08. The first-order chi connectivity index (χ1) is 8.06. The molecule has 0 atom stereocenters. The Morgan fingerprint density at radius 2 is 1.88 bits per heavy atom. The number of hydrogen-bond donors (Lipinski definition) is 2. The fourth-order valence-corrected chi connectivity index (χ4v) is 2.48. The molecule has 0 unspecified atom stereocenters. The Balaban J connectivity index is 2.42. The summed E-state index contributed by atoms with van der Waals surface area (Å²) < 4.78 is 0. The van der Waals surface area contributed by atoms with Gasteiger partial charge >= 0.3 is 5.97 Å². The molecule has 2 rings (SSSR count). The van der Waals surface area contributed by atoms with E-state index < -0.39 is 11.4 Å². The van der Waals surface area contributed by atoms with Gasteiger partial charge in [0, 0.05) is 5.56 Å². The molecule has 1 fully saturated rings. The lowest BCUT2D eigenvalue weighted by Gasteiger charge is -2.37. The van der Waals surface area contributed by atoms with E-state index in [9.17, 15) is 15.0 Å². The summed E-state index contributed by atoms with van der Waals surface area (Å²) in [7, 11) is 1.98. The summed E-state index contributed by atoms with van der Waals surface area (Å²) in [5.74, 6) is -0.758. The highest BCUT2D eigenvalue weighted by molar-refractivity contribution is 5.82. The van der Waals surface area contributed by atoms with Gasteiger partial charge in [-0.05, 0) is 39.0 Å². The van der Waals surface area contributed by atoms with E-state index >= 15 is 0 Å². The Kier molecular flexibility index (Phi) is 3.07. The minimum atomic E-state index is -0.933. The van der Waals surface area contributed by atoms with E-state index in [1.807, 2.05) is 7.05 Å². The third kappa shape index (κ3) is 2.00. The Morgan fingerprint density at radius 3 is 2.41 bits per heavy atom. The number of phenolic OH excluding ortho intramolecular Hbond substituents is 1. The van der Waals surface area contributed by atoms with Gasteiger partial charge in [0.2, 0.25) is 0 Å². The lowest BCUT2D eigenvalue weighted by atomic mass is 9.72. The number of carboxylic acid groups (broad SMARTS) is 1. The Hall–Kier alpha value is -1.55. The Morgan fingerprint density at radius 1 is 1.29 bits per heavy atom. The summed E-state index contributed by atoms with van der Waals surface area (Å²) in [5, 5.41) is 19.4. The quantitative estimate of drug-likeness (QED) is 0.814. The smallest absolute Gasteiger partial charge is 0.314 e. The van der Waals surface area contributed by atoms with E-state index in [-0.39, 0.29) is 5.75 Å². The van der Waals surface area contributed by atoms with E-state index in [0.29, 0.717) is 18.4 Å². The SMILES string of the molecule is CN1CCC(C(=O)O)(c2ccccc2O)CC1. The van der Waals surface area contributed by atoms with Gasteiger partial charge in [0.05, 0.1) is 5.41 Å². The summed E-state index contributed by atoms with van der Waals surface area (Å²) in [6, 6.07) is 6.76. The van der Waals surface area contributed by atoms with Crippen molar-refractivity contribution in [2.45, 2.75) is 18.3 Å². The maximum Gasteiger partial charge on any atom is 0.314 e. The maximum atomic E-state index is 11.6. The molecule has 0 saturated carbocycles. The van der Waals surface area contributed by atoms with Crippen LogP contribution in [0.5, 0.6) is 5.75 Å². The predicted molar refractivity (Wildman–Crippen MR) is 64.2 cm³/mol. The first-order valence-corrected chi connectivity index (χ1v) is 5.77. The molecule has 1 aliphatic rings. The zero-order valence-corrected chi connectivity index (χ0v) is 9.89. The molecule has 1 heterocycles. The van der Waals surface area contributed by atoms with Crippen molar-refractivity contribution in [3.05, 3.63) is 29.8 Å². The number of benzene rings is 1. The first kappa shape index (κ1) is 11.9. The van der Waals surface area contributed by atoms with Crippen molar-refractivity contribution in [2.75, 3.05) is 20.1 Å². The van der Waals surface area contributed by atoms with Crippen LogP contribution in [0.2, 0.25) is 0 Å². The van der Waals surface area contributed by atoms with E-state index in [2.05, 4.69) is 4.90 Å². The lowest BCUT2D eigenvalue weighted by Crippen LogP contribution is -2.46.